The van der Waals surface area contributed by atoms with Gasteiger partial charge in [-0.25, -0.2) is 0 Å². The molecule has 0 saturated heterocycles. The van der Waals surface area contributed by atoms with Gasteiger partial charge >= 0.3 is 16.4 Å². The third-order valence-corrected chi connectivity index (χ3v) is 3.92. The van der Waals surface area contributed by atoms with Gasteiger partial charge in [-0.15, -0.1) is 0 Å². The fraction of sp³-hybridized carbons (Fsp3) is 0.167. The van der Waals surface area contributed by atoms with Crippen molar-refractivity contribution in [1.29, 1.82) is 0 Å². The van der Waals surface area contributed by atoms with E-state index in [-0.39, 0.29) is 11.7 Å². The molecule has 0 saturated carbocycles. The smallest absolute Gasteiger partial charge is 0.446 e. The number of carbonyl (C=O) groups is 1. The van der Waals surface area contributed by atoms with Crippen LogP contribution in [-0.2, 0) is 26.4 Å². The molecule has 0 aliphatic heterocycles. The van der Waals surface area contributed by atoms with E-state index in [2.05, 4.69) is 13.9 Å². The number of aromatic amines is 1. The lowest BCUT2D eigenvalue weighted by molar-refractivity contribution is -0.139. The molecule has 3 rings (SSSR count). The molecule has 0 unspecified atom stereocenters. The number of rotatable bonds is 4. The van der Waals surface area contributed by atoms with Crippen LogP contribution in [-0.4, -0.2) is 31.0 Å². The Balaban J connectivity index is 0.000000190. The van der Waals surface area contributed by atoms with E-state index in [4.69, 9.17) is 4.55 Å². The number of benzene rings is 2. The number of aromatic nitrogens is 1. The van der Waals surface area contributed by atoms with E-state index < -0.39 is 10.4 Å². The third-order valence-electron chi connectivity index (χ3n) is 3.53. The number of esters is 1. The van der Waals surface area contributed by atoms with Crippen molar-refractivity contribution in [1.82, 2.24) is 4.98 Å². The van der Waals surface area contributed by atoms with Crippen molar-refractivity contribution in [3.63, 3.8) is 0 Å². The molecule has 0 aliphatic rings. The van der Waals surface area contributed by atoms with Gasteiger partial charge in [-0.1, -0.05) is 36.4 Å². The van der Waals surface area contributed by atoms with Crippen molar-refractivity contribution in [3.8, 4) is 5.75 Å². The Morgan fingerprint density at radius 2 is 1.77 bits per heavy atom. The van der Waals surface area contributed by atoms with Crippen molar-refractivity contribution in [2.75, 3.05) is 7.11 Å². The summed E-state index contributed by atoms with van der Waals surface area (Å²) in [6.45, 7) is 1.68. The predicted octanol–water partition coefficient (Wildman–Crippen LogP) is 3.06. The first-order valence-corrected chi connectivity index (χ1v) is 9.01. The van der Waals surface area contributed by atoms with Crippen LogP contribution >= 0.6 is 0 Å². The van der Waals surface area contributed by atoms with Gasteiger partial charge in [0.25, 0.3) is 0 Å². The molecule has 3 aromatic rings. The number of fused-ring (bicyclic) bond motifs is 1. The molecular formula is C18H19NO6S. The van der Waals surface area contributed by atoms with Crippen LogP contribution in [0.5, 0.6) is 5.75 Å². The number of ether oxygens (including phenoxy) is 1. The zero-order chi connectivity index (χ0) is 19.2. The average molecular weight is 377 g/mol. The summed E-state index contributed by atoms with van der Waals surface area (Å²) in [4.78, 5) is 14.2. The molecule has 0 spiro atoms. The minimum Gasteiger partial charge on any atom is -0.469 e. The second-order valence-corrected chi connectivity index (χ2v) is 6.41. The Morgan fingerprint density at radius 1 is 1.12 bits per heavy atom. The third kappa shape index (κ3) is 5.61. The highest BCUT2D eigenvalue weighted by Gasteiger charge is 2.08. The summed E-state index contributed by atoms with van der Waals surface area (Å²) in [5, 5.41) is 1.08. The van der Waals surface area contributed by atoms with Crippen molar-refractivity contribution in [2.45, 2.75) is 13.3 Å². The van der Waals surface area contributed by atoms with Crippen molar-refractivity contribution in [3.05, 3.63) is 65.9 Å². The highest BCUT2D eigenvalue weighted by Crippen LogP contribution is 2.18. The molecule has 1 heterocycles. The fourth-order valence-electron chi connectivity index (χ4n) is 2.27. The predicted molar refractivity (Wildman–Crippen MR) is 97.4 cm³/mol. The van der Waals surface area contributed by atoms with E-state index in [1.807, 2.05) is 30.5 Å². The lowest BCUT2D eigenvalue weighted by Crippen LogP contribution is -2.07. The summed E-state index contributed by atoms with van der Waals surface area (Å²) in [6.07, 6.45) is 2.17. The summed E-state index contributed by atoms with van der Waals surface area (Å²) in [6, 6.07) is 14.4. The first kappa shape index (κ1) is 19.5. The van der Waals surface area contributed by atoms with E-state index in [1.54, 1.807) is 25.1 Å². The topological polar surface area (TPSA) is 106 Å². The Hall–Kier alpha value is -2.84. The maximum Gasteiger partial charge on any atom is 0.446 e. The maximum absolute atomic E-state index is 11.1. The summed E-state index contributed by atoms with van der Waals surface area (Å²) in [5.41, 5.74) is 2.67. The monoisotopic (exact) mass is 377 g/mol. The van der Waals surface area contributed by atoms with Gasteiger partial charge in [0, 0.05) is 17.1 Å². The summed E-state index contributed by atoms with van der Waals surface area (Å²) < 4.78 is 37.8. The molecule has 0 bridgehead atoms. The van der Waals surface area contributed by atoms with Gasteiger partial charge in [-0.3, -0.25) is 9.35 Å². The first-order chi connectivity index (χ1) is 12.3. The van der Waals surface area contributed by atoms with Crippen molar-refractivity contribution in [2.24, 2.45) is 0 Å². The molecule has 2 N–H and O–H groups in total. The minimum absolute atomic E-state index is 0.139. The SMILES string of the molecule is COC(=O)Cc1c[nH]c2ccccc12.Cc1ccccc1OS(=O)(=O)O. The lowest BCUT2D eigenvalue weighted by Gasteiger charge is -2.03. The molecule has 0 atom stereocenters. The van der Waals surface area contributed by atoms with Gasteiger partial charge in [-0.2, -0.15) is 8.42 Å². The zero-order valence-corrected chi connectivity index (χ0v) is 15.1. The van der Waals surface area contributed by atoms with Crippen molar-refractivity contribution < 1.29 is 26.7 Å². The van der Waals surface area contributed by atoms with Crippen LogP contribution < -0.4 is 4.18 Å². The Morgan fingerprint density at radius 3 is 2.42 bits per heavy atom. The Bertz CT molecular complexity index is 994. The van der Waals surface area contributed by atoms with Crippen LogP contribution in [0.3, 0.4) is 0 Å². The van der Waals surface area contributed by atoms with Crippen LogP contribution in [0.1, 0.15) is 11.1 Å². The molecule has 8 heteroatoms. The van der Waals surface area contributed by atoms with Crippen LogP contribution in [0.25, 0.3) is 10.9 Å². The van der Waals surface area contributed by atoms with E-state index >= 15 is 0 Å². The van der Waals surface area contributed by atoms with Gasteiger partial charge in [-0.05, 0) is 30.2 Å². The quantitative estimate of drug-likeness (QED) is 0.535. The first-order valence-electron chi connectivity index (χ1n) is 7.64. The molecule has 0 radical (unpaired) electrons. The Labute approximate surface area is 151 Å². The Kier molecular flexibility index (Phi) is 6.37. The standard InChI is InChI=1S/C11H11NO2.C7H8O4S/c1-14-11(13)6-8-7-12-10-5-3-2-4-9(8)10;1-6-4-2-3-5-7(6)11-12(8,9)10/h2-5,7,12H,6H2,1H3;2-5H,1H3,(H,8,9,10). The van der Waals surface area contributed by atoms with E-state index in [0.717, 1.165) is 16.5 Å². The van der Waals surface area contributed by atoms with E-state index in [9.17, 15) is 13.2 Å². The minimum atomic E-state index is -4.40. The molecular weight excluding hydrogens is 358 g/mol. The van der Waals surface area contributed by atoms with Crippen LogP contribution in [0.15, 0.2) is 54.7 Å². The zero-order valence-electron chi connectivity index (χ0n) is 14.3. The number of hydrogen-bond acceptors (Lipinski definition) is 5. The summed E-state index contributed by atoms with van der Waals surface area (Å²) in [5.74, 6) is -0.0743. The van der Waals surface area contributed by atoms with Gasteiger partial charge in [0.15, 0.2) is 0 Å². The van der Waals surface area contributed by atoms with Crippen LogP contribution in [0, 0.1) is 6.92 Å². The molecule has 2 aromatic carbocycles. The number of methoxy groups -OCH3 is 1. The number of H-pyrrole nitrogens is 1. The largest absolute Gasteiger partial charge is 0.469 e. The average Bonchev–Trinajstić information content (AvgIpc) is 2.99. The fourth-order valence-corrected chi connectivity index (χ4v) is 2.68. The molecule has 0 aliphatic carbocycles. The molecule has 0 fully saturated rings. The number of nitrogens with one attached hydrogen (secondary N) is 1. The number of aryl methyl sites for hydroxylation is 1. The normalized spacial score (nSPS) is 10.7. The van der Waals surface area contributed by atoms with Crippen LogP contribution in [0.4, 0.5) is 0 Å². The van der Waals surface area contributed by atoms with E-state index in [1.165, 1.54) is 13.2 Å². The highest BCUT2D eigenvalue weighted by molar-refractivity contribution is 7.81. The van der Waals surface area contributed by atoms with Gasteiger partial charge < -0.3 is 13.9 Å². The molecule has 0 amide bonds. The molecule has 1 aromatic heterocycles. The van der Waals surface area contributed by atoms with Crippen LogP contribution in [0.2, 0.25) is 0 Å². The molecule has 138 valence electrons. The number of hydrogen-bond donors (Lipinski definition) is 2. The highest BCUT2D eigenvalue weighted by atomic mass is 32.3. The number of para-hydroxylation sites is 2. The molecule has 26 heavy (non-hydrogen) atoms. The summed E-state index contributed by atoms with van der Waals surface area (Å²) >= 11 is 0. The summed E-state index contributed by atoms with van der Waals surface area (Å²) in [7, 11) is -3.00. The van der Waals surface area contributed by atoms with Crippen molar-refractivity contribution >= 4 is 27.3 Å². The molecule has 7 nitrogen and oxygen atoms in total. The maximum atomic E-state index is 11.1. The van der Waals surface area contributed by atoms with E-state index in [0.29, 0.717) is 12.0 Å². The lowest BCUT2D eigenvalue weighted by atomic mass is 10.1. The van der Waals surface area contributed by atoms with Gasteiger partial charge in [0.1, 0.15) is 5.75 Å². The van der Waals surface area contributed by atoms with Gasteiger partial charge in [0.2, 0.25) is 0 Å². The van der Waals surface area contributed by atoms with Gasteiger partial charge in [0.05, 0.1) is 13.5 Å². The number of carbonyl (C=O) groups excluding carboxylic acids is 1. The second-order valence-electron chi connectivity index (χ2n) is 5.39. The second kappa shape index (κ2) is 8.50.